The van der Waals surface area contributed by atoms with Crippen molar-refractivity contribution in [2.24, 2.45) is 11.3 Å². The van der Waals surface area contributed by atoms with Gasteiger partial charge in [0.1, 0.15) is 0 Å². The topological polar surface area (TPSA) is 0 Å². The number of allylic oxidation sites excluding steroid dienone is 2. The minimum Gasteiger partial charge on any atom is -0.160 e. The van der Waals surface area contributed by atoms with Crippen molar-refractivity contribution in [3.8, 4) is 0 Å². The minimum absolute atomic E-state index is 0.302. The van der Waals surface area contributed by atoms with Crippen LogP contribution in [0.25, 0.3) is 0 Å². The van der Waals surface area contributed by atoms with E-state index in [1.54, 1.807) is 0 Å². The maximum atomic E-state index is 4.02. The molecule has 0 bridgehead atoms. The van der Waals surface area contributed by atoms with Crippen molar-refractivity contribution in [3.63, 3.8) is 0 Å². The molecule has 0 aromatic carbocycles. The smallest absolute Gasteiger partial charge is 0.00274 e. The number of rotatable bonds is 2. The summed E-state index contributed by atoms with van der Waals surface area (Å²) in [5.41, 5.74) is 1.61. The van der Waals surface area contributed by atoms with Crippen LogP contribution in [0.3, 0.4) is 0 Å². The Bertz CT molecular complexity index is 183. The lowest BCUT2D eigenvalue weighted by Gasteiger charge is -2.27. The monoisotopic (exact) mass is 168 g/mol. The molecule has 1 heterocycles. The highest BCUT2D eigenvalue weighted by atomic mass is 32.2. The Morgan fingerprint density at radius 2 is 2.36 bits per heavy atom. The number of thioether (sulfide) groups is 1. The molecule has 1 rings (SSSR count). The summed E-state index contributed by atoms with van der Waals surface area (Å²) in [5.74, 6) is 3.07. The zero-order valence-corrected chi connectivity index (χ0v) is 8.21. The van der Waals surface area contributed by atoms with Crippen molar-refractivity contribution in [2.75, 3.05) is 11.5 Å². The number of hydrogen-bond donors (Lipinski definition) is 0. The molecule has 0 amide bonds. The van der Waals surface area contributed by atoms with Crippen LogP contribution in [0.4, 0.5) is 0 Å². The van der Waals surface area contributed by atoms with Gasteiger partial charge in [0.15, 0.2) is 0 Å². The fraction of sp³-hybridized carbons (Fsp3) is 0.600. The van der Waals surface area contributed by atoms with Gasteiger partial charge in [-0.25, -0.2) is 0 Å². The summed E-state index contributed by atoms with van der Waals surface area (Å²) in [4.78, 5) is 0. The predicted molar refractivity (Wildman–Crippen MR) is 53.9 cm³/mol. The number of hydrogen-bond acceptors (Lipinski definition) is 1. The van der Waals surface area contributed by atoms with Gasteiger partial charge in [0, 0.05) is 16.9 Å². The molecule has 2 unspecified atom stereocenters. The lowest BCUT2D eigenvalue weighted by molar-refractivity contribution is 0.386. The summed E-state index contributed by atoms with van der Waals surface area (Å²) in [6.45, 7) is 12.3. The summed E-state index contributed by atoms with van der Waals surface area (Å²) in [5, 5.41) is 0. The normalized spacial score (nSPS) is 37.1. The van der Waals surface area contributed by atoms with E-state index in [1.807, 2.05) is 11.8 Å². The van der Waals surface area contributed by atoms with Crippen molar-refractivity contribution in [1.82, 2.24) is 0 Å². The molecule has 1 aliphatic rings. The molecular formula is C10H16S. The van der Waals surface area contributed by atoms with Crippen LogP contribution >= 0.6 is 11.8 Å². The van der Waals surface area contributed by atoms with Crippen molar-refractivity contribution < 1.29 is 0 Å². The van der Waals surface area contributed by atoms with E-state index in [2.05, 4.69) is 33.1 Å². The molecule has 1 heteroatoms. The second kappa shape index (κ2) is 3.06. The predicted octanol–water partition coefficient (Wildman–Crippen LogP) is 3.12. The molecule has 0 radical (unpaired) electrons. The first-order chi connectivity index (χ1) is 5.10. The van der Waals surface area contributed by atoms with E-state index in [1.165, 1.54) is 17.1 Å². The molecular weight excluding hydrogens is 152 g/mol. The van der Waals surface area contributed by atoms with E-state index in [0.717, 1.165) is 0 Å². The van der Waals surface area contributed by atoms with E-state index < -0.39 is 0 Å². The third-order valence-corrected chi connectivity index (χ3v) is 3.95. The summed E-state index contributed by atoms with van der Waals surface area (Å²) < 4.78 is 0. The standard InChI is InChI=1S/C10H16S/c1-5-10(4)7-11-6-9(10)8(2)3/h5,9H,1-2,6-7H2,3-4H3. The molecule has 0 aliphatic carbocycles. The van der Waals surface area contributed by atoms with Gasteiger partial charge < -0.3 is 0 Å². The molecule has 1 aliphatic heterocycles. The van der Waals surface area contributed by atoms with Gasteiger partial charge in [-0.1, -0.05) is 25.2 Å². The summed E-state index contributed by atoms with van der Waals surface area (Å²) >= 11 is 2.01. The van der Waals surface area contributed by atoms with Gasteiger partial charge in [-0.15, -0.1) is 6.58 Å². The van der Waals surface area contributed by atoms with Crippen molar-refractivity contribution >= 4 is 11.8 Å². The second-order valence-electron chi connectivity index (χ2n) is 3.62. The lowest BCUT2D eigenvalue weighted by atomic mass is 9.77. The molecule has 2 atom stereocenters. The first kappa shape index (κ1) is 8.92. The average Bonchev–Trinajstić information content (AvgIpc) is 2.32. The maximum absolute atomic E-state index is 4.02. The average molecular weight is 168 g/mol. The first-order valence-electron chi connectivity index (χ1n) is 3.97. The Labute approximate surface area is 73.8 Å². The molecule has 0 saturated carbocycles. The summed E-state index contributed by atoms with van der Waals surface area (Å²) in [6.07, 6.45) is 2.09. The third kappa shape index (κ3) is 1.53. The van der Waals surface area contributed by atoms with Gasteiger partial charge in [0.05, 0.1) is 0 Å². The van der Waals surface area contributed by atoms with Gasteiger partial charge in [-0.05, 0) is 12.8 Å². The molecule has 0 spiro atoms. The Balaban J connectivity index is 2.80. The molecule has 1 fully saturated rings. The van der Waals surface area contributed by atoms with E-state index in [-0.39, 0.29) is 0 Å². The Hall–Kier alpha value is -0.170. The van der Waals surface area contributed by atoms with Crippen LogP contribution in [0.2, 0.25) is 0 Å². The summed E-state index contributed by atoms with van der Waals surface area (Å²) in [6, 6.07) is 0. The Morgan fingerprint density at radius 1 is 1.73 bits per heavy atom. The van der Waals surface area contributed by atoms with E-state index in [4.69, 9.17) is 0 Å². The van der Waals surface area contributed by atoms with Crippen LogP contribution < -0.4 is 0 Å². The molecule has 0 aromatic heterocycles. The highest BCUT2D eigenvalue weighted by Crippen LogP contribution is 2.44. The molecule has 1 saturated heterocycles. The zero-order chi connectivity index (χ0) is 8.48. The van der Waals surface area contributed by atoms with Gasteiger partial charge in [-0.3, -0.25) is 0 Å². The summed E-state index contributed by atoms with van der Waals surface area (Å²) in [7, 11) is 0. The highest BCUT2D eigenvalue weighted by molar-refractivity contribution is 7.99. The quantitative estimate of drug-likeness (QED) is 0.571. The lowest BCUT2D eigenvalue weighted by Crippen LogP contribution is -2.23. The second-order valence-corrected chi connectivity index (χ2v) is 4.65. The van der Waals surface area contributed by atoms with Crippen LogP contribution in [0.5, 0.6) is 0 Å². The van der Waals surface area contributed by atoms with Crippen molar-refractivity contribution in [3.05, 3.63) is 24.8 Å². The van der Waals surface area contributed by atoms with Crippen LogP contribution in [0, 0.1) is 11.3 Å². The van der Waals surface area contributed by atoms with Crippen LogP contribution in [-0.2, 0) is 0 Å². The maximum Gasteiger partial charge on any atom is 0.00274 e. The van der Waals surface area contributed by atoms with Gasteiger partial charge in [0.2, 0.25) is 0 Å². The first-order valence-corrected chi connectivity index (χ1v) is 5.12. The zero-order valence-electron chi connectivity index (χ0n) is 7.39. The molecule has 62 valence electrons. The minimum atomic E-state index is 0.302. The molecule has 0 N–H and O–H groups in total. The largest absolute Gasteiger partial charge is 0.160 e. The SMILES string of the molecule is C=CC1(C)CSCC1C(=C)C. The van der Waals surface area contributed by atoms with Crippen LogP contribution in [0.15, 0.2) is 24.8 Å². The Kier molecular flexibility index (Phi) is 2.48. The molecule has 0 nitrogen and oxygen atoms in total. The van der Waals surface area contributed by atoms with Gasteiger partial charge >= 0.3 is 0 Å². The Morgan fingerprint density at radius 3 is 2.73 bits per heavy atom. The van der Waals surface area contributed by atoms with Crippen molar-refractivity contribution in [1.29, 1.82) is 0 Å². The van der Waals surface area contributed by atoms with Gasteiger partial charge in [0.25, 0.3) is 0 Å². The van der Waals surface area contributed by atoms with Crippen LogP contribution in [-0.4, -0.2) is 11.5 Å². The highest BCUT2D eigenvalue weighted by Gasteiger charge is 2.36. The van der Waals surface area contributed by atoms with Crippen molar-refractivity contribution in [2.45, 2.75) is 13.8 Å². The fourth-order valence-corrected chi connectivity index (χ4v) is 3.37. The van der Waals surface area contributed by atoms with E-state index in [9.17, 15) is 0 Å². The molecule has 0 aromatic rings. The van der Waals surface area contributed by atoms with E-state index >= 15 is 0 Å². The van der Waals surface area contributed by atoms with E-state index in [0.29, 0.717) is 11.3 Å². The van der Waals surface area contributed by atoms with Gasteiger partial charge in [-0.2, -0.15) is 11.8 Å². The van der Waals surface area contributed by atoms with Crippen LogP contribution in [0.1, 0.15) is 13.8 Å². The third-order valence-electron chi connectivity index (χ3n) is 2.55. The fourth-order valence-electron chi connectivity index (χ4n) is 1.59. The molecule has 11 heavy (non-hydrogen) atoms.